The molecule has 10 rings (SSSR count). The lowest BCUT2D eigenvalue weighted by atomic mass is 9.76. The van der Waals surface area contributed by atoms with E-state index in [1.54, 1.807) is 0 Å². The van der Waals surface area contributed by atoms with Crippen molar-refractivity contribution < 1.29 is 9.59 Å². The first-order chi connectivity index (χ1) is 23.7. The Balaban J connectivity index is 1.41. The third kappa shape index (κ3) is 3.30. The van der Waals surface area contributed by atoms with Crippen LogP contribution in [-0.4, -0.2) is 23.0 Å². The van der Waals surface area contributed by atoms with Crippen LogP contribution in [0.5, 0.6) is 0 Å². The zero-order valence-electron chi connectivity index (χ0n) is 25.9. The summed E-state index contributed by atoms with van der Waals surface area (Å²) in [6.07, 6.45) is 0. The van der Waals surface area contributed by atoms with Gasteiger partial charge in [0.25, 0.3) is 0 Å². The van der Waals surface area contributed by atoms with Gasteiger partial charge in [0, 0.05) is 21.6 Å². The van der Waals surface area contributed by atoms with Gasteiger partial charge in [-0.3, -0.25) is 9.59 Å². The van der Waals surface area contributed by atoms with E-state index in [0.717, 1.165) is 28.0 Å². The summed E-state index contributed by atoms with van der Waals surface area (Å²) < 4.78 is 0. The van der Waals surface area contributed by atoms with Crippen LogP contribution in [0.4, 0.5) is 5.69 Å². The molecule has 4 aliphatic rings. The van der Waals surface area contributed by atoms with Gasteiger partial charge in [0.15, 0.2) is 11.6 Å². The van der Waals surface area contributed by atoms with Gasteiger partial charge in [0.05, 0.1) is 21.9 Å². The topological polar surface area (TPSA) is 37.4 Å². The van der Waals surface area contributed by atoms with Crippen molar-refractivity contribution in [2.24, 2.45) is 0 Å². The Labute approximate surface area is 283 Å². The summed E-state index contributed by atoms with van der Waals surface area (Å²) in [4.78, 5) is 33.1. The van der Waals surface area contributed by atoms with E-state index < -0.39 is 16.9 Å². The number of nitrogens with zero attached hydrogens (tertiary/aromatic N) is 1. The van der Waals surface area contributed by atoms with Gasteiger partial charge in [-0.05, 0) is 45.5 Å². The fourth-order valence-corrected chi connectivity index (χ4v) is 10.9. The molecule has 2 fully saturated rings. The van der Waals surface area contributed by atoms with Crippen LogP contribution >= 0.6 is 11.8 Å². The molecule has 2 aliphatic heterocycles. The summed E-state index contributed by atoms with van der Waals surface area (Å²) in [5.41, 5.74) is 8.37. The standard InChI is InChI=1S/C44H29NO2S/c46-38(28-16-4-1-5-17-28)41-43(29-18-6-2-7-19-29)40(37-31-22-10-12-24-33(31)39(47)34-25-13-11-23-32(34)37)44(43,30-20-8-3-9-21-30)42-45(41)35-26-14-15-27-36(35)48-42/h1-27,41-42H/t41-,42+,43+,44+/m0/s1. The highest BCUT2D eigenvalue weighted by molar-refractivity contribution is 8.00. The minimum atomic E-state index is -0.732. The third-order valence-electron chi connectivity index (χ3n) is 10.9. The van der Waals surface area contributed by atoms with Crippen molar-refractivity contribution in [3.8, 4) is 0 Å². The average Bonchev–Trinajstić information content (AvgIpc) is 3.44. The lowest BCUT2D eigenvalue weighted by molar-refractivity contribution is 0.0947. The first-order valence-corrected chi connectivity index (χ1v) is 17.3. The summed E-state index contributed by atoms with van der Waals surface area (Å²) in [5.74, 6) is 0.142. The number of thioether (sulfide) groups is 1. The van der Waals surface area contributed by atoms with Gasteiger partial charge in [-0.1, -0.05) is 163 Å². The first-order valence-electron chi connectivity index (χ1n) is 16.4. The molecule has 0 amide bonds. The zero-order chi connectivity index (χ0) is 32.0. The van der Waals surface area contributed by atoms with E-state index in [2.05, 4.69) is 102 Å². The second kappa shape index (κ2) is 10.0. The van der Waals surface area contributed by atoms with Crippen molar-refractivity contribution >= 4 is 34.6 Å². The Kier molecular flexibility index (Phi) is 5.77. The second-order valence-corrected chi connectivity index (χ2v) is 14.1. The maximum Gasteiger partial charge on any atom is 0.194 e. The molecule has 3 nitrogen and oxygen atoms in total. The van der Waals surface area contributed by atoms with Gasteiger partial charge in [-0.25, -0.2) is 0 Å². The number of fused-ring (bicyclic) bond motifs is 7. The Morgan fingerprint density at radius 3 is 1.62 bits per heavy atom. The number of ketones is 2. The monoisotopic (exact) mass is 635 g/mol. The van der Waals surface area contributed by atoms with E-state index in [-0.39, 0.29) is 16.9 Å². The Morgan fingerprint density at radius 2 is 1.02 bits per heavy atom. The molecule has 0 aromatic heterocycles. The van der Waals surface area contributed by atoms with Gasteiger partial charge in [0.1, 0.15) is 6.04 Å². The minimum Gasteiger partial charge on any atom is -0.345 e. The highest BCUT2D eigenvalue weighted by atomic mass is 32.2. The Hall–Kier alpha value is -5.45. The van der Waals surface area contributed by atoms with Crippen molar-refractivity contribution in [1.82, 2.24) is 0 Å². The SMILES string of the molecule is O=C1c2ccccc2C(=C2[C@]3(c4ccccc4)[C@H](C(=O)c4ccccc4)N4c5ccccc5S[C@@H]4[C@@]23c2ccccc2)c2ccccc21. The number of anilines is 1. The van der Waals surface area contributed by atoms with Crippen molar-refractivity contribution in [1.29, 1.82) is 0 Å². The van der Waals surface area contributed by atoms with E-state index in [1.165, 1.54) is 16.0 Å². The number of carbonyl (C=O) groups is 2. The molecular weight excluding hydrogens is 607 g/mol. The summed E-state index contributed by atoms with van der Waals surface area (Å²) in [5, 5.41) is -0.102. The van der Waals surface area contributed by atoms with Gasteiger partial charge in [-0.2, -0.15) is 0 Å². The van der Waals surface area contributed by atoms with Crippen LogP contribution in [0.3, 0.4) is 0 Å². The smallest absolute Gasteiger partial charge is 0.194 e. The molecule has 0 unspecified atom stereocenters. The minimum absolute atomic E-state index is 0.0417. The second-order valence-electron chi connectivity index (χ2n) is 13.0. The fourth-order valence-electron chi connectivity index (χ4n) is 9.25. The molecule has 1 saturated carbocycles. The number of rotatable bonds is 4. The average molecular weight is 636 g/mol. The lowest BCUT2D eigenvalue weighted by Crippen LogP contribution is -2.47. The summed E-state index contributed by atoms with van der Waals surface area (Å²) in [6.45, 7) is 0. The normalized spacial score (nSPS) is 24.3. The number of hydrogen-bond donors (Lipinski definition) is 0. The van der Waals surface area contributed by atoms with Gasteiger partial charge in [0.2, 0.25) is 0 Å². The Bertz CT molecular complexity index is 2280. The van der Waals surface area contributed by atoms with Crippen LogP contribution in [0.15, 0.2) is 174 Å². The van der Waals surface area contributed by atoms with Crippen LogP contribution in [0.2, 0.25) is 0 Å². The molecule has 0 bridgehead atoms. The number of benzene rings is 6. The molecule has 48 heavy (non-hydrogen) atoms. The van der Waals surface area contributed by atoms with E-state index in [9.17, 15) is 4.79 Å². The van der Waals surface area contributed by atoms with Crippen molar-refractivity contribution in [3.63, 3.8) is 0 Å². The first kappa shape index (κ1) is 27.6. The molecule has 0 spiro atoms. The molecule has 228 valence electrons. The van der Waals surface area contributed by atoms with Crippen molar-refractivity contribution in [2.45, 2.75) is 27.1 Å². The highest BCUT2D eigenvalue weighted by Gasteiger charge is 2.88. The molecule has 1 saturated heterocycles. The van der Waals surface area contributed by atoms with Crippen LogP contribution in [0, 0.1) is 0 Å². The summed E-state index contributed by atoms with van der Waals surface area (Å²) in [6, 6.07) is 55.3. The number of hydrogen-bond acceptors (Lipinski definition) is 4. The zero-order valence-corrected chi connectivity index (χ0v) is 26.7. The molecule has 6 aromatic carbocycles. The maximum absolute atomic E-state index is 15.4. The molecule has 2 heterocycles. The van der Waals surface area contributed by atoms with Gasteiger partial charge in [-0.15, -0.1) is 0 Å². The van der Waals surface area contributed by atoms with Crippen LogP contribution in [-0.2, 0) is 10.8 Å². The predicted molar refractivity (Wildman–Crippen MR) is 192 cm³/mol. The van der Waals surface area contributed by atoms with Crippen molar-refractivity contribution in [3.05, 3.63) is 208 Å². The van der Waals surface area contributed by atoms with E-state index in [1.807, 2.05) is 78.5 Å². The molecule has 2 aliphatic carbocycles. The molecule has 0 N–H and O–H groups in total. The number of piperidine rings is 1. The molecule has 0 radical (unpaired) electrons. The van der Waals surface area contributed by atoms with Crippen LogP contribution < -0.4 is 4.90 Å². The van der Waals surface area contributed by atoms with E-state index in [0.29, 0.717) is 16.7 Å². The van der Waals surface area contributed by atoms with Crippen LogP contribution in [0.25, 0.3) is 5.57 Å². The largest absolute Gasteiger partial charge is 0.345 e. The number of para-hydroxylation sites is 1. The van der Waals surface area contributed by atoms with E-state index in [4.69, 9.17) is 0 Å². The highest BCUT2D eigenvalue weighted by Crippen LogP contribution is 2.84. The molecule has 6 aromatic rings. The molecule has 4 atom stereocenters. The molecule has 4 heteroatoms. The van der Waals surface area contributed by atoms with Crippen LogP contribution in [0.1, 0.15) is 48.5 Å². The lowest BCUT2D eigenvalue weighted by Gasteiger charge is -2.35. The summed E-state index contributed by atoms with van der Waals surface area (Å²) in [7, 11) is 0. The fraction of sp³-hybridized carbons (Fsp3) is 0.0909. The third-order valence-corrected chi connectivity index (χ3v) is 12.3. The number of Topliss-reactive ketones (excluding diaryl/α,β-unsaturated/α-hetero) is 1. The quantitative estimate of drug-likeness (QED) is 0.181. The van der Waals surface area contributed by atoms with Gasteiger partial charge < -0.3 is 4.90 Å². The van der Waals surface area contributed by atoms with Crippen molar-refractivity contribution in [2.75, 3.05) is 4.90 Å². The Morgan fingerprint density at radius 1 is 0.542 bits per heavy atom. The summed E-state index contributed by atoms with van der Waals surface area (Å²) >= 11 is 1.86. The van der Waals surface area contributed by atoms with E-state index >= 15 is 4.79 Å². The molecular formula is C44H29NO2S. The number of carbonyl (C=O) groups excluding carboxylic acids is 2. The predicted octanol–water partition coefficient (Wildman–Crippen LogP) is 9.13. The maximum atomic E-state index is 15.4. The van der Waals surface area contributed by atoms with Gasteiger partial charge >= 0.3 is 0 Å².